The van der Waals surface area contributed by atoms with Crippen molar-refractivity contribution in [2.75, 3.05) is 7.05 Å². The lowest BCUT2D eigenvalue weighted by Crippen LogP contribution is -2.39. The highest BCUT2D eigenvalue weighted by atomic mass is 79.9. The average molecular weight is 356 g/mol. The first-order valence-electron chi connectivity index (χ1n) is 7.28. The number of rotatable bonds is 3. The van der Waals surface area contributed by atoms with Gasteiger partial charge in [0.05, 0.1) is 5.56 Å². The van der Waals surface area contributed by atoms with Crippen LogP contribution in [0.5, 0.6) is 0 Å². The number of amides is 1. The van der Waals surface area contributed by atoms with E-state index in [1.807, 2.05) is 30.1 Å². The normalized spacial score (nSPS) is 22.6. The van der Waals surface area contributed by atoms with Crippen molar-refractivity contribution in [2.45, 2.75) is 50.0 Å². The molecule has 1 aromatic carbocycles. The van der Waals surface area contributed by atoms with E-state index in [4.69, 9.17) is 0 Å². The number of thiol groups is 1. The predicted molar refractivity (Wildman–Crippen MR) is 89.5 cm³/mol. The van der Waals surface area contributed by atoms with Crippen LogP contribution in [0.25, 0.3) is 0 Å². The fraction of sp³-hybridized carbons (Fsp3) is 0.562. The Balaban J connectivity index is 2.07. The number of nitrogens with zero attached hydrogens (tertiary/aromatic N) is 1. The Kier molecular flexibility index (Phi) is 5.56. The molecule has 0 bridgehead atoms. The summed E-state index contributed by atoms with van der Waals surface area (Å²) in [5.41, 5.74) is 0.706. The zero-order valence-corrected chi connectivity index (χ0v) is 14.6. The summed E-state index contributed by atoms with van der Waals surface area (Å²) in [7, 11) is 1.93. The Morgan fingerprint density at radius 3 is 2.60 bits per heavy atom. The number of benzene rings is 1. The molecule has 1 saturated carbocycles. The number of carbonyl (C=O) groups excluding carboxylic acids is 1. The van der Waals surface area contributed by atoms with Crippen LogP contribution in [-0.4, -0.2) is 23.9 Å². The summed E-state index contributed by atoms with van der Waals surface area (Å²) in [6.07, 6.45) is 5.99. The molecule has 1 aliphatic rings. The van der Waals surface area contributed by atoms with Crippen LogP contribution in [0.4, 0.5) is 0 Å². The van der Waals surface area contributed by atoms with Crippen LogP contribution in [0.15, 0.2) is 27.6 Å². The summed E-state index contributed by atoms with van der Waals surface area (Å²) in [5.74, 6) is 0.940. The minimum Gasteiger partial charge on any atom is -0.339 e. The molecular formula is C16H22BrNOS. The first-order valence-corrected chi connectivity index (χ1v) is 8.52. The van der Waals surface area contributed by atoms with Crippen LogP contribution < -0.4 is 0 Å². The second-order valence-electron chi connectivity index (χ2n) is 5.66. The van der Waals surface area contributed by atoms with Gasteiger partial charge in [0.15, 0.2) is 0 Å². The summed E-state index contributed by atoms with van der Waals surface area (Å²) >= 11 is 7.79. The van der Waals surface area contributed by atoms with Gasteiger partial charge in [-0.1, -0.05) is 13.3 Å². The monoisotopic (exact) mass is 355 g/mol. The van der Waals surface area contributed by atoms with Crippen LogP contribution >= 0.6 is 28.6 Å². The Bertz CT molecular complexity index is 483. The number of carbonyl (C=O) groups is 1. The summed E-state index contributed by atoms with van der Waals surface area (Å²) in [6, 6.07) is 5.98. The third kappa shape index (κ3) is 3.59. The van der Waals surface area contributed by atoms with Crippen LogP contribution in [-0.2, 0) is 0 Å². The maximum atomic E-state index is 12.6. The molecule has 0 atom stereocenters. The molecule has 1 fully saturated rings. The Morgan fingerprint density at radius 1 is 1.35 bits per heavy atom. The molecule has 1 amide bonds. The molecule has 0 heterocycles. The van der Waals surface area contributed by atoms with E-state index < -0.39 is 0 Å². The summed E-state index contributed by atoms with van der Waals surface area (Å²) in [4.78, 5) is 15.4. The molecule has 1 aromatic rings. The minimum absolute atomic E-state index is 0.0905. The lowest BCUT2D eigenvalue weighted by molar-refractivity contribution is 0.0673. The van der Waals surface area contributed by atoms with Gasteiger partial charge < -0.3 is 4.90 Å². The maximum Gasteiger partial charge on any atom is 0.255 e. The summed E-state index contributed by atoms with van der Waals surface area (Å²) in [6.45, 7) is 2.26. The van der Waals surface area contributed by atoms with Crippen molar-refractivity contribution >= 4 is 34.5 Å². The van der Waals surface area contributed by atoms with E-state index >= 15 is 0 Å². The van der Waals surface area contributed by atoms with E-state index in [0.29, 0.717) is 11.6 Å². The molecule has 2 nitrogen and oxygen atoms in total. The van der Waals surface area contributed by atoms with E-state index in [1.165, 1.54) is 19.3 Å². The smallest absolute Gasteiger partial charge is 0.255 e. The van der Waals surface area contributed by atoms with Gasteiger partial charge in [-0.3, -0.25) is 4.79 Å². The van der Waals surface area contributed by atoms with Crippen molar-refractivity contribution < 1.29 is 4.79 Å². The van der Waals surface area contributed by atoms with Gasteiger partial charge in [0.2, 0.25) is 0 Å². The predicted octanol–water partition coefficient (Wildman–Crippen LogP) is 4.78. The molecular weight excluding hydrogens is 334 g/mol. The van der Waals surface area contributed by atoms with Crippen molar-refractivity contribution in [3.05, 3.63) is 28.2 Å². The zero-order chi connectivity index (χ0) is 14.7. The highest BCUT2D eigenvalue weighted by molar-refractivity contribution is 9.10. The first kappa shape index (κ1) is 15.9. The standard InChI is InChI=1S/C16H22BrNOS/c1-3-11-4-6-12(7-5-11)18(2)16(19)14-10-13(20)8-9-15(14)17/h8-12,20H,3-7H2,1-2H3. The van der Waals surface area contributed by atoms with Gasteiger partial charge in [-0.25, -0.2) is 0 Å². The van der Waals surface area contributed by atoms with Gasteiger partial charge >= 0.3 is 0 Å². The Labute approximate surface area is 135 Å². The Hall–Kier alpha value is -0.480. The molecule has 0 aromatic heterocycles. The van der Waals surface area contributed by atoms with Gasteiger partial charge in [-0.05, 0) is 65.7 Å². The third-order valence-electron chi connectivity index (χ3n) is 4.44. The molecule has 20 heavy (non-hydrogen) atoms. The second-order valence-corrected chi connectivity index (χ2v) is 7.03. The highest BCUT2D eigenvalue weighted by Crippen LogP contribution is 2.30. The maximum absolute atomic E-state index is 12.6. The van der Waals surface area contributed by atoms with Gasteiger partial charge in [0.25, 0.3) is 5.91 Å². The first-order chi connectivity index (χ1) is 9.52. The van der Waals surface area contributed by atoms with Crippen molar-refractivity contribution in [3.8, 4) is 0 Å². The van der Waals surface area contributed by atoms with Crippen LogP contribution in [0.3, 0.4) is 0 Å². The molecule has 1 aliphatic carbocycles. The molecule has 4 heteroatoms. The molecule has 0 saturated heterocycles. The lowest BCUT2D eigenvalue weighted by atomic mass is 9.84. The van der Waals surface area contributed by atoms with Gasteiger partial charge in [0.1, 0.15) is 0 Å². The highest BCUT2D eigenvalue weighted by Gasteiger charge is 2.27. The van der Waals surface area contributed by atoms with Crippen LogP contribution in [0.1, 0.15) is 49.4 Å². The minimum atomic E-state index is 0.0905. The van der Waals surface area contributed by atoms with Crippen molar-refractivity contribution in [1.29, 1.82) is 0 Å². The van der Waals surface area contributed by atoms with E-state index in [-0.39, 0.29) is 5.91 Å². The van der Waals surface area contributed by atoms with E-state index in [0.717, 1.165) is 28.1 Å². The van der Waals surface area contributed by atoms with Gasteiger partial charge in [-0.15, -0.1) is 12.6 Å². The SMILES string of the molecule is CCC1CCC(N(C)C(=O)c2cc(S)ccc2Br)CC1. The van der Waals surface area contributed by atoms with Crippen molar-refractivity contribution in [2.24, 2.45) is 5.92 Å². The fourth-order valence-electron chi connectivity index (χ4n) is 2.97. The summed E-state index contributed by atoms with van der Waals surface area (Å²) < 4.78 is 0.842. The third-order valence-corrected chi connectivity index (χ3v) is 5.41. The Morgan fingerprint density at radius 2 is 2.00 bits per heavy atom. The average Bonchev–Trinajstić information content (AvgIpc) is 2.48. The molecule has 0 radical (unpaired) electrons. The topological polar surface area (TPSA) is 20.3 Å². The molecule has 0 aliphatic heterocycles. The number of halogens is 1. The van der Waals surface area contributed by atoms with Crippen LogP contribution in [0, 0.1) is 5.92 Å². The number of hydrogen-bond donors (Lipinski definition) is 1. The van der Waals surface area contributed by atoms with Crippen LogP contribution in [0.2, 0.25) is 0 Å². The number of hydrogen-bond acceptors (Lipinski definition) is 2. The van der Waals surface area contributed by atoms with Crippen molar-refractivity contribution in [3.63, 3.8) is 0 Å². The van der Waals surface area contributed by atoms with Crippen molar-refractivity contribution in [1.82, 2.24) is 4.90 Å². The largest absolute Gasteiger partial charge is 0.339 e. The van der Waals surface area contributed by atoms with E-state index in [9.17, 15) is 4.79 Å². The molecule has 2 rings (SSSR count). The van der Waals surface area contributed by atoms with Gasteiger partial charge in [0, 0.05) is 22.5 Å². The zero-order valence-electron chi connectivity index (χ0n) is 12.1. The molecule has 0 N–H and O–H groups in total. The summed E-state index contributed by atoms with van der Waals surface area (Å²) in [5, 5.41) is 0. The molecule has 110 valence electrons. The van der Waals surface area contributed by atoms with E-state index in [2.05, 4.69) is 35.5 Å². The van der Waals surface area contributed by atoms with Gasteiger partial charge in [-0.2, -0.15) is 0 Å². The quantitative estimate of drug-likeness (QED) is 0.773. The fourth-order valence-corrected chi connectivity index (χ4v) is 3.59. The molecule has 0 spiro atoms. The second kappa shape index (κ2) is 6.99. The van der Waals surface area contributed by atoms with E-state index in [1.54, 1.807) is 0 Å². The molecule has 0 unspecified atom stereocenters. The lowest BCUT2D eigenvalue weighted by Gasteiger charge is -2.34.